The van der Waals surface area contributed by atoms with Crippen LogP contribution in [0.15, 0.2) is 48.6 Å². The van der Waals surface area contributed by atoms with Crippen LogP contribution in [0.2, 0.25) is 0 Å². The first-order valence-corrected chi connectivity index (χ1v) is 11.2. The smallest absolute Gasteiger partial charge is 0.412 e. The molecule has 2 aromatic carbocycles. The molecule has 0 fully saturated rings. The van der Waals surface area contributed by atoms with Crippen molar-refractivity contribution < 1.29 is 33.3 Å². The van der Waals surface area contributed by atoms with Gasteiger partial charge in [-0.05, 0) is 19.8 Å². The Morgan fingerprint density at radius 3 is 2.15 bits per heavy atom. The molecule has 0 heterocycles. The van der Waals surface area contributed by atoms with Crippen LogP contribution in [0.3, 0.4) is 0 Å². The summed E-state index contributed by atoms with van der Waals surface area (Å²) in [6, 6.07) is 7.76. The molecule has 8 heteroatoms. The molecule has 0 atom stereocenters. The minimum absolute atomic E-state index is 0.165. The molecule has 0 unspecified atom stereocenters. The van der Waals surface area contributed by atoms with Crippen molar-refractivity contribution in [2.45, 2.75) is 19.8 Å². The van der Waals surface area contributed by atoms with Gasteiger partial charge >= 0.3 is 12.1 Å². The molecule has 1 aliphatic carbocycles. The standard InChI is InChI=1S/C26H31NO7/c1-18(2)25(28)33-17-16-32-15-14-31-13-12-27-26(29)34-24-21-10-6-4-8-19(21)23(30-3)20-9-5-7-11-22(20)24/h4-8,10H,1,9,11-17H2,2-3H3,(H,27,29). The lowest BCUT2D eigenvalue weighted by Crippen LogP contribution is -2.30. The molecule has 3 rings (SSSR count). The predicted molar refractivity (Wildman–Crippen MR) is 128 cm³/mol. The van der Waals surface area contributed by atoms with Gasteiger partial charge in [0.2, 0.25) is 0 Å². The first-order chi connectivity index (χ1) is 16.5. The van der Waals surface area contributed by atoms with Crippen LogP contribution in [-0.4, -0.2) is 58.8 Å². The summed E-state index contributed by atoms with van der Waals surface area (Å²) in [6.45, 7) is 6.86. The molecule has 0 aromatic heterocycles. The Labute approximate surface area is 199 Å². The van der Waals surface area contributed by atoms with Crippen LogP contribution in [0, 0.1) is 0 Å². The second-order valence-electron chi connectivity index (χ2n) is 7.70. The summed E-state index contributed by atoms with van der Waals surface area (Å²) >= 11 is 0. The first-order valence-electron chi connectivity index (χ1n) is 11.2. The van der Waals surface area contributed by atoms with E-state index in [1.807, 2.05) is 24.3 Å². The molecule has 8 nitrogen and oxygen atoms in total. The number of ether oxygens (including phenoxy) is 5. The van der Waals surface area contributed by atoms with Gasteiger partial charge in [0.05, 0.1) is 33.5 Å². The molecular weight excluding hydrogens is 438 g/mol. The van der Waals surface area contributed by atoms with Gasteiger partial charge in [0, 0.05) is 34.0 Å². The number of esters is 1. The summed E-state index contributed by atoms with van der Waals surface area (Å²) in [5.74, 6) is 0.958. The van der Waals surface area contributed by atoms with Crippen LogP contribution in [-0.2, 0) is 31.8 Å². The first kappa shape index (κ1) is 25.3. The average molecular weight is 470 g/mol. The molecule has 0 spiro atoms. The number of rotatable bonds is 12. The van der Waals surface area contributed by atoms with Gasteiger partial charge in [-0.2, -0.15) is 0 Å². The quantitative estimate of drug-likeness (QED) is 0.219. The van der Waals surface area contributed by atoms with E-state index in [4.69, 9.17) is 23.7 Å². The second kappa shape index (κ2) is 12.8. The summed E-state index contributed by atoms with van der Waals surface area (Å²) < 4.78 is 27.2. The van der Waals surface area contributed by atoms with Crippen molar-refractivity contribution in [2.75, 3.05) is 46.7 Å². The van der Waals surface area contributed by atoms with Crippen molar-refractivity contribution >= 4 is 22.8 Å². The summed E-state index contributed by atoms with van der Waals surface area (Å²) in [5, 5.41) is 4.48. The largest absolute Gasteiger partial charge is 0.496 e. The van der Waals surface area contributed by atoms with Gasteiger partial charge in [0.15, 0.2) is 0 Å². The normalized spacial score (nSPS) is 12.2. The lowest BCUT2D eigenvalue weighted by atomic mass is 9.91. The summed E-state index contributed by atoms with van der Waals surface area (Å²) in [4.78, 5) is 23.7. The van der Waals surface area contributed by atoms with E-state index in [9.17, 15) is 9.59 Å². The van der Waals surface area contributed by atoms with E-state index in [-0.39, 0.29) is 13.2 Å². The highest BCUT2D eigenvalue weighted by Gasteiger charge is 2.23. The maximum absolute atomic E-state index is 12.5. The van der Waals surface area contributed by atoms with E-state index < -0.39 is 12.1 Å². The van der Waals surface area contributed by atoms with E-state index in [0.717, 1.165) is 34.1 Å². The van der Waals surface area contributed by atoms with Crippen molar-refractivity contribution in [1.82, 2.24) is 5.32 Å². The average Bonchev–Trinajstić information content (AvgIpc) is 2.85. The Morgan fingerprint density at radius 1 is 0.912 bits per heavy atom. The third-order valence-corrected chi connectivity index (χ3v) is 5.24. The number of hydrogen-bond donors (Lipinski definition) is 1. The van der Waals surface area contributed by atoms with Crippen molar-refractivity contribution in [3.8, 4) is 11.5 Å². The molecule has 1 N–H and O–H groups in total. The van der Waals surface area contributed by atoms with E-state index in [2.05, 4.69) is 24.0 Å². The molecule has 0 bridgehead atoms. The number of fused-ring (bicyclic) bond motifs is 2. The summed E-state index contributed by atoms with van der Waals surface area (Å²) in [5.41, 5.74) is 2.37. The van der Waals surface area contributed by atoms with Crippen LogP contribution in [0.4, 0.5) is 4.79 Å². The highest BCUT2D eigenvalue weighted by atomic mass is 16.6. The third-order valence-electron chi connectivity index (χ3n) is 5.24. The third kappa shape index (κ3) is 6.59. The lowest BCUT2D eigenvalue weighted by molar-refractivity contribution is -0.140. The Morgan fingerprint density at radius 2 is 1.50 bits per heavy atom. The molecule has 34 heavy (non-hydrogen) atoms. The van der Waals surface area contributed by atoms with E-state index in [0.29, 0.717) is 44.1 Å². The Balaban J connectivity index is 1.43. The number of amides is 1. The highest BCUT2D eigenvalue weighted by Crippen LogP contribution is 2.42. The van der Waals surface area contributed by atoms with Crippen molar-refractivity contribution in [2.24, 2.45) is 0 Å². The van der Waals surface area contributed by atoms with Crippen molar-refractivity contribution in [3.63, 3.8) is 0 Å². The summed E-state index contributed by atoms with van der Waals surface area (Å²) in [6.07, 6.45) is 5.04. The Hall–Kier alpha value is -3.36. The van der Waals surface area contributed by atoms with Crippen LogP contribution in [0.25, 0.3) is 10.8 Å². The van der Waals surface area contributed by atoms with Gasteiger partial charge in [0.25, 0.3) is 0 Å². The topological polar surface area (TPSA) is 92.3 Å². The number of carbonyl (C=O) groups excluding carboxylic acids is 2. The van der Waals surface area contributed by atoms with Crippen molar-refractivity contribution in [3.05, 3.63) is 59.7 Å². The van der Waals surface area contributed by atoms with Gasteiger partial charge in [-0.1, -0.05) is 43.0 Å². The fourth-order valence-electron chi connectivity index (χ4n) is 3.65. The minimum atomic E-state index is -0.536. The fraction of sp³-hybridized carbons (Fsp3) is 0.385. The molecule has 1 amide bonds. The van der Waals surface area contributed by atoms with E-state index >= 15 is 0 Å². The van der Waals surface area contributed by atoms with Gasteiger partial charge in [-0.3, -0.25) is 0 Å². The molecule has 182 valence electrons. The van der Waals surface area contributed by atoms with Crippen LogP contribution >= 0.6 is 0 Å². The molecule has 0 radical (unpaired) electrons. The molecule has 1 aliphatic rings. The number of benzene rings is 2. The fourth-order valence-corrected chi connectivity index (χ4v) is 3.65. The number of allylic oxidation sites excluding steroid dienone is 2. The number of hydrogen-bond acceptors (Lipinski definition) is 7. The van der Waals surface area contributed by atoms with Crippen molar-refractivity contribution in [1.29, 1.82) is 0 Å². The van der Waals surface area contributed by atoms with Gasteiger partial charge in [-0.15, -0.1) is 0 Å². The lowest BCUT2D eigenvalue weighted by Gasteiger charge is -2.22. The zero-order valence-corrected chi connectivity index (χ0v) is 19.7. The van der Waals surface area contributed by atoms with Crippen LogP contribution in [0.1, 0.15) is 18.1 Å². The van der Waals surface area contributed by atoms with Crippen LogP contribution in [0.5, 0.6) is 11.5 Å². The zero-order chi connectivity index (χ0) is 24.3. The predicted octanol–water partition coefficient (Wildman–Crippen LogP) is 3.74. The molecular formula is C26H31NO7. The molecule has 0 aliphatic heterocycles. The number of nitrogens with one attached hydrogen (secondary N) is 1. The van der Waals surface area contributed by atoms with Crippen LogP contribution < -0.4 is 14.8 Å². The van der Waals surface area contributed by atoms with Gasteiger partial charge < -0.3 is 29.0 Å². The number of methoxy groups -OCH3 is 1. The van der Waals surface area contributed by atoms with Gasteiger partial charge in [0.1, 0.15) is 18.1 Å². The molecule has 2 aromatic rings. The minimum Gasteiger partial charge on any atom is -0.496 e. The maximum Gasteiger partial charge on any atom is 0.412 e. The van der Waals surface area contributed by atoms with E-state index in [1.54, 1.807) is 14.0 Å². The molecule has 0 saturated heterocycles. The maximum atomic E-state index is 12.5. The second-order valence-corrected chi connectivity index (χ2v) is 7.70. The Kier molecular flexibility index (Phi) is 9.49. The SMILES string of the molecule is C=C(C)C(=O)OCCOCCOCCNC(=O)Oc1c2c(c(OC)c3ccccc13)CC=CC2. The Bertz CT molecular complexity index is 1060. The van der Waals surface area contributed by atoms with Gasteiger partial charge in [-0.25, -0.2) is 9.59 Å². The highest BCUT2D eigenvalue weighted by molar-refractivity contribution is 5.97. The zero-order valence-electron chi connectivity index (χ0n) is 19.7. The van der Waals surface area contributed by atoms with E-state index in [1.165, 1.54) is 0 Å². The number of carbonyl (C=O) groups is 2. The molecule has 0 saturated carbocycles. The summed E-state index contributed by atoms with van der Waals surface area (Å²) in [7, 11) is 1.66. The monoisotopic (exact) mass is 469 g/mol.